The molecule has 2 aromatic heterocycles. The van der Waals surface area contributed by atoms with E-state index >= 15 is 0 Å². The lowest BCUT2D eigenvalue weighted by Gasteiger charge is -2.09. The van der Waals surface area contributed by atoms with Crippen LogP contribution in [-0.2, 0) is 17.4 Å². The van der Waals surface area contributed by atoms with Crippen molar-refractivity contribution in [1.82, 2.24) is 9.66 Å². The molecule has 0 saturated carbocycles. The number of fused-ring (bicyclic) bond motifs is 1. The number of carbonyl (C=O) groups is 1. The Balaban J connectivity index is 1.69. The van der Waals surface area contributed by atoms with E-state index in [1.807, 2.05) is 6.92 Å². The molecule has 0 aliphatic heterocycles. The van der Waals surface area contributed by atoms with Gasteiger partial charge in [0.2, 0.25) is 5.91 Å². The second-order valence-corrected chi connectivity index (χ2v) is 7.72. The third-order valence-corrected chi connectivity index (χ3v) is 5.81. The number of benzene rings is 1. The number of alkyl halides is 3. The van der Waals surface area contributed by atoms with Crippen LogP contribution in [0.4, 0.5) is 13.2 Å². The molecule has 0 saturated heterocycles. The maximum atomic E-state index is 12.7. The van der Waals surface area contributed by atoms with E-state index in [-0.39, 0.29) is 5.75 Å². The number of thioether (sulfide) groups is 1. The molecule has 142 valence electrons. The molecule has 0 bridgehead atoms. The summed E-state index contributed by atoms with van der Waals surface area (Å²) in [5.41, 5.74) is 1.24. The number of amides is 1. The van der Waals surface area contributed by atoms with Gasteiger partial charge < -0.3 is 0 Å². The summed E-state index contributed by atoms with van der Waals surface area (Å²) < 4.78 is 39.2. The number of halogens is 3. The number of nitrogens with zero attached hydrogens (tertiary/aromatic N) is 2. The monoisotopic (exact) mass is 413 g/mol. The highest BCUT2D eigenvalue weighted by Crippen LogP contribution is 2.31. The summed E-state index contributed by atoms with van der Waals surface area (Å²) >= 11 is 2.37. The lowest BCUT2D eigenvalue weighted by atomic mass is 10.2. The highest BCUT2D eigenvalue weighted by Gasteiger charge is 2.30. The van der Waals surface area contributed by atoms with Crippen LogP contribution in [0.25, 0.3) is 10.2 Å². The van der Waals surface area contributed by atoms with Gasteiger partial charge in [0.15, 0.2) is 0 Å². The molecule has 1 amide bonds. The maximum Gasteiger partial charge on any atom is 0.416 e. The van der Waals surface area contributed by atoms with Gasteiger partial charge in [0, 0.05) is 9.77 Å². The van der Waals surface area contributed by atoms with Gasteiger partial charge in [0.05, 0.1) is 16.7 Å². The average molecular weight is 413 g/mol. The molecule has 0 spiro atoms. The Labute approximate surface area is 160 Å². The lowest BCUT2D eigenvalue weighted by molar-refractivity contribution is -0.137. The van der Waals surface area contributed by atoms with Crippen molar-refractivity contribution in [3.8, 4) is 0 Å². The highest BCUT2D eigenvalue weighted by molar-refractivity contribution is 8.00. The zero-order valence-electron chi connectivity index (χ0n) is 14.0. The van der Waals surface area contributed by atoms with Crippen molar-refractivity contribution >= 4 is 39.2 Å². The third-order valence-electron chi connectivity index (χ3n) is 3.63. The van der Waals surface area contributed by atoms with E-state index < -0.39 is 23.2 Å². The van der Waals surface area contributed by atoms with Crippen molar-refractivity contribution in [3.05, 3.63) is 57.5 Å². The summed E-state index contributed by atoms with van der Waals surface area (Å²) in [5.74, 6) is -0.665. The van der Waals surface area contributed by atoms with Crippen molar-refractivity contribution in [3.63, 3.8) is 0 Å². The minimum absolute atomic E-state index is 0.143. The summed E-state index contributed by atoms with van der Waals surface area (Å²) in [6.07, 6.45) is -2.43. The van der Waals surface area contributed by atoms with E-state index in [0.717, 1.165) is 39.9 Å². The van der Waals surface area contributed by atoms with Gasteiger partial charge >= 0.3 is 6.18 Å². The molecule has 0 atom stereocenters. The number of aromatic nitrogens is 2. The Morgan fingerprint density at radius 3 is 2.81 bits per heavy atom. The molecule has 5 nitrogen and oxygen atoms in total. The van der Waals surface area contributed by atoms with Gasteiger partial charge in [-0.3, -0.25) is 15.0 Å². The van der Waals surface area contributed by atoms with Gasteiger partial charge in [-0.2, -0.15) is 13.2 Å². The molecule has 10 heteroatoms. The number of hydrogen-bond acceptors (Lipinski definition) is 5. The van der Waals surface area contributed by atoms with Crippen LogP contribution in [0, 0.1) is 0 Å². The minimum Gasteiger partial charge on any atom is -0.272 e. The van der Waals surface area contributed by atoms with Crippen LogP contribution in [0.5, 0.6) is 0 Å². The molecular weight excluding hydrogens is 399 g/mol. The van der Waals surface area contributed by atoms with Crippen LogP contribution in [0.3, 0.4) is 0 Å². The van der Waals surface area contributed by atoms with Gasteiger partial charge in [-0.15, -0.1) is 23.1 Å². The van der Waals surface area contributed by atoms with Crippen LogP contribution in [0.2, 0.25) is 0 Å². The van der Waals surface area contributed by atoms with E-state index in [1.165, 1.54) is 29.8 Å². The molecular formula is C17H14F3N3O2S2. The number of carbonyl (C=O) groups excluding carboxylic acids is 1. The summed E-state index contributed by atoms with van der Waals surface area (Å²) in [6.45, 7) is 1.97. The first kappa shape index (κ1) is 19.4. The molecule has 0 radical (unpaired) electrons. The zero-order chi connectivity index (χ0) is 19.6. The molecule has 27 heavy (non-hydrogen) atoms. The fraction of sp³-hybridized carbons (Fsp3) is 0.235. The van der Waals surface area contributed by atoms with Crippen LogP contribution in [0.15, 0.2) is 46.3 Å². The molecule has 0 aliphatic carbocycles. The number of nitrogens with one attached hydrogen (secondary N) is 1. The first-order valence-corrected chi connectivity index (χ1v) is 9.68. The second kappa shape index (κ2) is 7.73. The first-order valence-electron chi connectivity index (χ1n) is 7.88. The second-order valence-electron chi connectivity index (χ2n) is 5.55. The van der Waals surface area contributed by atoms with Gasteiger partial charge in [-0.05, 0) is 30.7 Å². The predicted molar refractivity (Wildman–Crippen MR) is 99.8 cm³/mol. The van der Waals surface area contributed by atoms with Gasteiger partial charge in [-0.25, -0.2) is 9.66 Å². The number of aryl methyl sites for hydroxylation is 1. The van der Waals surface area contributed by atoms with E-state index in [0.29, 0.717) is 15.1 Å². The fourth-order valence-corrected chi connectivity index (χ4v) is 3.98. The highest BCUT2D eigenvalue weighted by atomic mass is 32.2. The molecule has 0 aliphatic rings. The summed E-state index contributed by atoms with van der Waals surface area (Å²) in [7, 11) is 0. The van der Waals surface area contributed by atoms with Gasteiger partial charge in [-0.1, -0.05) is 13.0 Å². The Morgan fingerprint density at radius 1 is 1.33 bits per heavy atom. The van der Waals surface area contributed by atoms with Crippen molar-refractivity contribution < 1.29 is 18.0 Å². The smallest absolute Gasteiger partial charge is 0.272 e. The number of hydrogen-bond donors (Lipinski definition) is 1. The molecule has 3 rings (SSSR count). The fourth-order valence-electron chi connectivity index (χ4n) is 2.30. The molecule has 0 fully saturated rings. The van der Waals surface area contributed by atoms with Crippen LogP contribution in [-0.4, -0.2) is 21.3 Å². The quantitative estimate of drug-likeness (QED) is 0.645. The lowest BCUT2D eigenvalue weighted by Crippen LogP contribution is -2.33. The Morgan fingerprint density at radius 2 is 2.11 bits per heavy atom. The average Bonchev–Trinajstić information content (AvgIpc) is 3.06. The molecule has 1 aromatic carbocycles. The van der Waals surface area contributed by atoms with Crippen LogP contribution >= 0.6 is 23.1 Å². The standard InChI is InChI=1S/C17H14F3N3O2S2/c1-2-11-7-13-15(27-11)21-9-23(16(13)25)22-14(24)8-26-12-5-3-4-10(6-12)17(18,19)20/h3-7,9H,2,8H2,1H3,(H,22,24). The number of thiophene rings is 1. The Bertz CT molecular complexity index is 1040. The Hall–Kier alpha value is -2.33. The van der Waals surface area contributed by atoms with Crippen LogP contribution in [0.1, 0.15) is 17.4 Å². The SMILES string of the molecule is CCc1cc2c(=O)n(NC(=O)CSc3cccc(C(F)(F)F)c3)cnc2s1. The van der Waals surface area contributed by atoms with Crippen molar-refractivity contribution in [1.29, 1.82) is 0 Å². The number of rotatable bonds is 5. The van der Waals surface area contributed by atoms with Gasteiger partial charge in [0.1, 0.15) is 11.2 Å². The van der Waals surface area contributed by atoms with E-state index in [1.54, 1.807) is 6.07 Å². The third kappa shape index (κ3) is 4.51. The van der Waals surface area contributed by atoms with Crippen molar-refractivity contribution in [2.45, 2.75) is 24.4 Å². The maximum absolute atomic E-state index is 12.7. The van der Waals surface area contributed by atoms with E-state index in [4.69, 9.17) is 0 Å². The van der Waals surface area contributed by atoms with Crippen molar-refractivity contribution in [2.75, 3.05) is 11.2 Å². The molecule has 0 unspecified atom stereocenters. The molecule has 1 N–H and O–H groups in total. The largest absolute Gasteiger partial charge is 0.416 e. The van der Waals surface area contributed by atoms with Crippen LogP contribution < -0.4 is 11.0 Å². The first-order chi connectivity index (χ1) is 12.8. The predicted octanol–water partition coefficient (Wildman–Crippen LogP) is 3.90. The topological polar surface area (TPSA) is 64.0 Å². The zero-order valence-corrected chi connectivity index (χ0v) is 15.7. The summed E-state index contributed by atoms with van der Waals surface area (Å²) in [4.78, 5) is 30.6. The van der Waals surface area contributed by atoms with Gasteiger partial charge in [0.25, 0.3) is 5.56 Å². The van der Waals surface area contributed by atoms with Crippen molar-refractivity contribution in [2.24, 2.45) is 0 Å². The van der Waals surface area contributed by atoms with E-state index in [2.05, 4.69) is 10.4 Å². The minimum atomic E-state index is -4.44. The normalized spacial score (nSPS) is 11.7. The Kier molecular flexibility index (Phi) is 5.56. The summed E-state index contributed by atoms with van der Waals surface area (Å²) in [5, 5.41) is 0.421. The molecule has 2 heterocycles. The molecule has 3 aromatic rings. The summed E-state index contributed by atoms with van der Waals surface area (Å²) in [6, 6.07) is 6.47. The van der Waals surface area contributed by atoms with E-state index in [9.17, 15) is 22.8 Å².